The molecule has 172 valence electrons. The summed E-state index contributed by atoms with van der Waals surface area (Å²) in [4.78, 5) is 27.5. The molecule has 0 bridgehead atoms. The molecule has 1 aromatic carbocycles. The monoisotopic (exact) mass is 445 g/mol. The Kier molecular flexibility index (Phi) is 6.19. The lowest BCUT2D eigenvalue weighted by atomic mass is 9.95. The first kappa shape index (κ1) is 21.7. The van der Waals surface area contributed by atoms with Gasteiger partial charge in [-0.3, -0.25) is 19.1 Å². The maximum atomic E-state index is 13.1. The fraction of sp³-hybridized carbons (Fsp3) is 0.500. The van der Waals surface area contributed by atoms with E-state index in [0.29, 0.717) is 17.4 Å². The molecule has 2 amide bonds. The minimum Gasteiger partial charge on any atom is -0.353 e. The van der Waals surface area contributed by atoms with Gasteiger partial charge in [-0.1, -0.05) is 18.2 Å². The van der Waals surface area contributed by atoms with Crippen LogP contribution in [0.4, 0.5) is 5.82 Å². The van der Waals surface area contributed by atoms with Crippen molar-refractivity contribution in [3.05, 3.63) is 47.2 Å². The Balaban J connectivity index is 1.29. The summed E-state index contributed by atoms with van der Waals surface area (Å²) < 4.78 is 2.07. The van der Waals surface area contributed by atoms with Crippen LogP contribution < -0.4 is 10.6 Å². The van der Waals surface area contributed by atoms with Crippen molar-refractivity contribution in [3.63, 3.8) is 0 Å². The van der Waals surface area contributed by atoms with Gasteiger partial charge in [-0.15, -0.1) is 0 Å². The topological polar surface area (TPSA) is 90.2 Å². The van der Waals surface area contributed by atoms with Crippen LogP contribution in [0.25, 0.3) is 5.69 Å². The van der Waals surface area contributed by atoms with Crippen molar-refractivity contribution >= 4 is 17.6 Å². The van der Waals surface area contributed by atoms with E-state index in [9.17, 15) is 14.9 Å². The standard InChI is InChI=1S/C26H31N5O2/c27-16-22-21-8-4-5-9-23(21)31(20-6-2-1-3-7-20)25(22)29-24(32)17-30-14-12-18(13-15-30)26(33)28-19-10-11-19/h1-3,6-7,18-19H,4-5,8-15,17H2,(H,28,33)(H,29,32). The summed E-state index contributed by atoms with van der Waals surface area (Å²) in [6.07, 6.45) is 7.70. The van der Waals surface area contributed by atoms with Gasteiger partial charge < -0.3 is 10.6 Å². The van der Waals surface area contributed by atoms with Gasteiger partial charge in [0.1, 0.15) is 11.9 Å². The number of piperidine rings is 1. The second-order valence-electron chi connectivity index (χ2n) is 9.52. The number of carbonyl (C=O) groups excluding carboxylic acids is 2. The van der Waals surface area contributed by atoms with Crippen molar-refractivity contribution in [2.75, 3.05) is 25.0 Å². The summed E-state index contributed by atoms with van der Waals surface area (Å²) in [5, 5.41) is 16.1. The Labute approximate surface area is 194 Å². The molecule has 2 N–H and O–H groups in total. The summed E-state index contributed by atoms with van der Waals surface area (Å²) in [6.45, 7) is 1.74. The van der Waals surface area contributed by atoms with Crippen LogP contribution in [0.2, 0.25) is 0 Å². The van der Waals surface area contributed by atoms with Gasteiger partial charge >= 0.3 is 0 Å². The van der Waals surface area contributed by atoms with E-state index in [0.717, 1.165) is 81.4 Å². The average Bonchev–Trinajstić information content (AvgIpc) is 3.60. The van der Waals surface area contributed by atoms with Crippen molar-refractivity contribution in [1.82, 2.24) is 14.8 Å². The number of nitrogens with zero attached hydrogens (tertiary/aromatic N) is 3. The predicted molar refractivity (Wildman–Crippen MR) is 126 cm³/mol. The molecule has 1 aliphatic heterocycles. The molecule has 7 nitrogen and oxygen atoms in total. The number of likely N-dealkylation sites (tertiary alicyclic amines) is 1. The highest BCUT2D eigenvalue weighted by molar-refractivity contribution is 5.94. The summed E-state index contributed by atoms with van der Waals surface area (Å²) in [7, 11) is 0. The number of carbonyl (C=O) groups is 2. The molecule has 0 radical (unpaired) electrons. The number of rotatable bonds is 6. The number of para-hydroxylation sites is 1. The summed E-state index contributed by atoms with van der Waals surface area (Å²) >= 11 is 0. The van der Waals surface area contributed by atoms with Crippen LogP contribution in [0.3, 0.4) is 0 Å². The molecule has 1 aromatic heterocycles. The molecule has 5 rings (SSSR count). The first-order chi connectivity index (χ1) is 16.1. The van der Waals surface area contributed by atoms with E-state index in [1.54, 1.807) is 0 Å². The van der Waals surface area contributed by atoms with Gasteiger partial charge in [0.05, 0.1) is 12.1 Å². The highest BCUT2D eigenvalue weighted by Crippen LogP contribution is 2.35. The fourth-order valence-corrected chi connectivity index (χ4v) is 5.17. The molecule has 2 aromatic rings. The molecular formula is C26H31N5O2. The molecule has 1 saturated heterocycles. The summed E-state index contributed by atoms with van der Waals surface area (Å²) in [6, 6.07) is 12.7. The minimum atomic E-state index is -0.112. The molecule has 33 heavy (non-hydrogen) atoms. The third-order valence-corrected chi connectivity index (χ3v) is 7.10. The van der Waals surface area contributed by atoms with Gasteiger partial charge in [-0.25, -0.2) is 0 Å². The van der Waals surface area contributed by atoms with Crippen molar-refractivity contribution in [1.29, 1.82) is 5.26 Å². The van der Waals surface area contributed by atoms with Gasteiger partial charge in [0, 0.05) is 23.3 Å². The molecule has 2 heterocycles. The van der Waals surface area contributed by atoms with Crippen LogP contribution in [0, 0.1) is 17.2 Å². The van der Waals surface area contributed by atoms with Crippen LogP contribution in [0.5, 0.6) is 0 Å². The lowest BCUT2D eigenvalue weighted by molar-refractivity contribution is -0.126. The van der Waals surface area contributed by atoms with E-state index in [-0.39, 0.29) is 24.3 Å². The number of benzene rings is 1. The van der Waals surface area contributed by atoms with Crippen LogP contribution in [0.1, 0.15) is 55.3 Å². The van der Waals surface area contributed by atoms with Crippen molar-refractivity contribution in [3.8, 4) is 11.8 Å². The normalized spacial score (nSPS) is 18.9. The number of hydrogen-bond donors (Lipinski definition) is 2. The highest BCUT2D eigenvalue weighted by Gasteiger charge is 2.31. The average molecular weight is 446 g/mol. The molecule has 0 spiro atoms. The molecule has 2 aliphatic carbocycles. The quantitative estimate of drug-likeness (QED) is 0.715. The lowest BCUT2D eigenvalue weighted by Crippen LogP contribution is -2.43. The largest absolute Gasteiger partial charge is 0.353 e. The molecule has 0 atom stereocenters. The van der Waals surface area contributed by atoms with Crippen molar-refractivity contribution < 1.29 is 9.59 Å². The fourth-order valence-electron chi connectivity index (χ4n) is 5.17. The molecule has 0 unspecified atom stereocenters. The van der Waals surface area contributed by atoms with Gasteiger partial charge in [-0.2, -0.15) is 5.26 Å². The third kappa shape index (κ3) is 4.67. The van der Waals surface area contributed by atoms with Gasteiger partial charge in [0.25, 0.3) is 0 Å². The first-order valence-electron chi connectivity index (χ1n) is 12.2. The minimum absolute atomic E-state index is 0.0529. The zero-order valence-corrected chi connectivity index (χ0v) is 19.0. The highest BCUT2D eigenvalue weighted by atomic mass is 16.2. The van der Waals surface area contributed by atoms with Crippen molar-refractivity contribution in [2.45, 2.75) is 57.4 Å². The summed E-state index contributed by atoms with van der Waals surface area (Å²) in [5.41, 5.74) is 3.78. The zero-order valence-electron chi connectivity index (χ0n) is 19.0. The maximum Gasteiger partial charge on any atom is 0.239 e. The Morgan fingerprint density at radius 3 is 2.45 bits per heavy atom. The lowest BCUT2D eigenvalue weighted by Gasteiger charge is -2.30. The summed E-state index contributed by atoms with van der Waals surface area (Å²) in [5.74, 6) is 0.711. The van der Waals surface area contributed by atoms with E-state index in [1.165, 1.54) is 0 Å². The van der Waals surface area contributed by atoms with Crippen molar-refractivity contribution in [2.24, 2.45) is 5.92 Å². The third-order valence-electron chi connectivity index (χ3n) is 7.10. The first-order valence-corrected chi connectivity index (χ1v) is 12.2. The number of hydrogen-bond acceptors (Lipinski definition) is 4. The van der Waals surface area contributed by atoms with Crippen LogP contribution in [-0.2, 0) is 22.4 Å². The van der Waals surface area contributed by atoms with E-state index in [1.807, 2.05) is 30.3 Å². The van der Waals surface area contributed by atoms with Crippen LogP contribution in [0.15, 0.2) is 30.3 Å². The molecule has 7 heteroatoms. The number of anilines is 1. The number of nitrogens with one attached hydrogen (secondary N) is 2. The van der Waals surface area contributed by atoms with E-state index >= 15 is 0 Å². The SMILES string of the molecule is N#Cc1c2c(n(-c3ccccc3)c1NC(=O)CN1CCC(C(=O)NC3CC3)CC1)CCCC2. The Hall–Kier alpha value is -3.11. The van der Waals surface area contributed by atoms with E-state index in [2.05, 4.69) is 26.2 Å². The van der Waals surface area contributed by atoms with E-state index in [4.69, 9.17) is 0 Å². The molecule has 2 fully saturated rings. The number of nitriles is 1. The van der Waals surface area contributed by atoms with E-state index < -0.39 is 0 Å². The van der Waals surface area contributed by atoms with Gasteiger partial charge in [0.15, 0.2) is 0 Å². The van der Waals surface area contributed by atoms with Gasteiger partial charge in [-0.05, 0) is 82.2 Å². The number of aromatic nitrogens is 1. The second-order valence-corrected chi connectivity index (χ2v) is 9.52. The van der Waals surface area contributed by atoms with Gasteiger partial charge in [0.2, 0.25) is 11.8 Å². The zero-order chi connectivity index (χ0) is 22.8. The second kappa shape index (κ2) is 9.40. The Bertz CT molecular complexity index is 1070. The van der Waals surface area contributed by atoms with Crippen LogP contribution >= 0.6 is 0 Å². The number of amides is 2. The predicted octanol–water partition coefficient (Wildman–Crippen LogP) is 3.16. The molecular weight excluding hydrogens is 414 g/mol. The Morgan fingerprint density at radius 2 is 1.76 bits per heavy atom. The maximum absolute atomic E-state index is 13.1. The van der Waals surface area contributed by atoms with Crippen LogP contribution in [-0.4, -0.2) is 47.0 Å². The number of fused-ring (bicyclic) bond motifs is 1. The molecule has 1 saturated carbocycles. The smallest absolute Gasteiger partial charge is 0.239 e. The Morgan fingerprint density at radius 1 is 1.03 bits per heavy atom. The molecule has 3 aliphatic rings.